The van der Waals surface area contributed by atoms with Crippen LogP contribution >= 0.6 is 27.3 Å². The SMILES string of the molecule is NNC(Cc1cn2ccsc2n1)c1ccoc1Br. The molecule has 0 spiro atoms. The van der Waals surface area contributed by atoms with Gasteiger partial charge in [-0.25, -0.2) is 4.98 Å². The molecule has 3 N–H and O–H groups in total. The first kappa shape index (κ1) is 11.9. The number of hydrogen-bond acceptors (Lipinski definition) is 5. The standard InChI is InChI=1S/C11H11BrN4OS/c12-10-8(1-3-17-10)9(15-13)5-7-6-16-2-4-18-11(16)14-7/h1-4,6,9,15H,5,13H2. The highest BCUT2D eigenvalue weighted by molar-refractivity contribution is 9.10. The summed E-state index contributed by atoms with van der Waals surface area (Å²) in [6.07, 6.45) is 6.36. The molecule has 0 aliphatic heterocycles. The van der Waals surface area contributed by atoms with Crippen LogP contribution in [0.4, 0.5) is 0 Å². The highest BCUT2D eigenvalue weighted by Crippen LogP contribution is 2.26. The first-order chi connectivity index (χ1) is 8.78. The second kappa shape index (κ2) is 4.85. The van der Waals surface area contributed by atoms with Gasteiger partial charge in [-0.05, 0) is 22.0 Å². The third kappa shape index (κ3) is 2.10. The average molecular weight is 327 g/mol. The molecule has 0 aliphatic rings. The maximum atomic E-state index is 5.61. The summed E-state index contributed by atoms with van der Waals surface area (Å²) in [7, 11) is 0. The quantitative estimate of drug-likeness (QED) is 0.571. The first-order valence-corrected chi connectivity index (χ1v) is 7.05. The van der Waals surface area contributed by atoms with Crippen molar-refractivity contribution in [2.75, 3.05) is 0 Å². The summed E-state index contributed by atoms with van der Waals surface area (Å²) in [5.74, 6) is 5.61. The molecular weight excluding hydrogens is 316 g/mol. The Kier molecular flexibility index (Phi) is 3.21. The van der Waals surface area contributed by atoms with E-state index in [1.54, 1.807) is 17.6 Å². The summed E-state index contributed by atoms with van der Waals surface area (Å²) in [4.78, 5) is 5.53. The molecule has 0 saturated heterocycles. The Morgan fingerprint density at radius 2 is 2.50 bits per heavy atom. The van der Waals surface area contributed by atoms with Crippen molar-refractivity contribution in [3.8, 4) is 0 Å². The molecule has 0 radical (unpaired) electrons. The van der Waals surface area contributed by atoms with Crippen LogP contribution in [-0.4, -0.2) is 9.38 Å². The molecular formula is C11H11BrN4OS. The van der Waals surface area contributed by atoms with Gasteiger partial charge in [-0.1, -0.05) is 0 Å². The van der Waals surface area contributed by atoms with E-state index >= 15 is 0 Å². The van der Waals surface area contributed by atoms with Crippen LogP contribution in [0.3, 0.4) is 0 Å². The summed E-state index contributed by atoms with van der Waals surface area (Å²) in [6.45, 7) is 0. The minimum absolute atomic E-state index is 0.0252. The zero-order chi connectivity index (χ0) is 12.5. The highest BCUT2D eigenvalue weighted by Gasteiger charge is 2.17. The van der Waals surface area contributed by atoms with E-state index in [0.29, 0.717) is 11.1 Å². The van der Waals surface area contributed by atoms with Gasteiger partial charge in [-0.2, -0.15) is 0 Å². The van der Waals surface area contributed by atoms with E-state index in [9.17, 15) is 0 Å². The van der Waals surface area contributed by atoms with E-state index in [2.05, 4.69) is 26.3 Å². The number of hydrogen-bond donors (Lipinski definition) is 2. The Labute approximate surface area is 116 Å². The maximum absolute atomic E-state index is 5.61. The molecule has 7 heteroatoms. The number of rotatable bonds is 4. The van der Waals surface area contributed by atoms with Crippen LogP contribution in [0.2, 0.25) is 0 Å². The summed E-state index contributed by atoms with van der Waals surface area (Å²) in [5, 5.41) is 2.01. The minimum Gasteiger partial charge on any atom is -0.457 e. The predicted molar refractivity (Wildman–Crippen MR) is 73.2 cm³/mol. The molecule has 0 aliphatic carbocycles. The normalized spacial score (nSPS) is 13.2. The molecule has 0 bridgehead atoms. The summed E-state index contributed by atoms with van der Waals surface area (Å²) in [5.41, 5.74) is 4.79. The van der Waals surface area contributed by atoms with Crippen LogP contribution in [0.15, 0.2) is 39.2 Å². The molecule has 3 aromatic rings. The number of furan rings is 1. The van der Waals surface area contributed by atoms with Crippen molar-refractivity contribution in [1.29, 1.82) is 0 Å². The fraction of sp³-hybridized carbons (Fsp3) is 0.182. The Bertz CT molecular complexity index is 630. The number of imidazole rings is 1. The Morgan fingerprint density at radius 3 is 3.17 bits per heavy atom. The topological polar surface area (TPSA) is 68.5 Å². The lowest BCUT2D eigenvalue weighted by Gasteiger charge is -2.12. The number of hydrazine groups is 1. The van der Waals surface area contributed by atoms with E-state index in [1.807, 2.05) is 28.2 Å². The lowest BCUT2D eigenvalue weighted by atomic mass is 10.1. The minimum atomic E-state index is -0.0252. The van der Waals surface area contributed by atoms with E-state index in [4.69, 9.17) is 10.3 Å². The third-order valence-electron chi connectivity index (χ3n) is 2.78. The molecule has 1 unspecified atom stereocenters. The Morgan fingerprint density at radius 1 is 1.61 bits per heavy atom. The number of thiazole rings is 1. The van der Waals surface area contributed by atoms with Crippen molar-refractivity contribution >= 4 is 32.2 Å². The van der Waals surface area contributed by atoms with E-state index in [0.717, 1.165) is 16.2 Å². The van der Waals surface area contributed by atoms with Crippen molar-refractivity contribution in [2.45, 2.75) is 12.5 Å². The van der Waals surface area contributed by atoms with Gasteiger partial charge in [0.2, 0.25) is 0 Å². The van der Waals surface area contributed by atoms with Crippen molar-refractivity contribution < 1.29 is 4.42 Å². The number of halogens is 1. The number of nitrogens with two attached hydrogens (primary N) is 1. The maximum Gasteiger partial charge on any atom is 0.193 e. The number of fused-ring (bicyclic) bond motifs is 1. The van der Waals surface area contributed by atoms with Gasteiger partial charge in [0.15, 0.2) is 9.63 Å². The third-order valence-corrected chi connectivity index (χ3v) is 4.19. The predicted octanol–water partition coefficient (Wildman–Crippen LogP) is 2.50. The Balaban J connectivity index is 1.86. The largest absolute Gasteiger partial charge is 0.457 e. The monoisotopic (exact) mass is 326 g/mol. The van der Waals surface area contributed by atoms with Crippen LogP contribution in [0.25, 0.3) is 4.96 Å². The molecule has 0 amide bonds. The van der Waals surface area contributed by atoms with E-state index in [-0.39, 0.29) is 6.04 Å². The lowest BCUT2D eigenvalue weighted by molar-refractivity contribution is 0.505. The van der Waals surface area contributed by atoms with Gasteiger partial charge in [-0.15, -0.1) is 11.3 Å². The Hall–Kier alpha value is -1.15. The molecule has 5 nitrogen and oxygen atoms in total. The molecule has 18 heavy (non-hydrogen) atoms. The fourth-order valence-electron chi connectivity index (χ4n) is 1.90. The van der Waals surface area contributed by atoms with Gasteiger partial charge in [0.25, 0.3) is 0 Å². The molecule has 0 fully saturated rings. The summed E-state index contributed by atoms with van der Waals surface area (Å²) < 4.78 is 7.94. The van der Waals surface area contributed by atoms with Crippen LogP contribution in [0.5, 0.6) is 0 Å². The van der Waals surface area contributed by atoms with Gasteiger partial charge >= 0.3 is 0 Å². The van der Waals surface area contributed by atoms with Crippen molar-refractivity contribution in [1.82, 2.24) is 14.8 Å². The lowest BCUT2D eigenvalue weighted by Crippen LogP contribution is -2.29. The second-order valence-corrected chi connectivity index (χ2v) is 5.49. The van der Waals surface area contributed by atoms with Gasteiger partial charge in [-0.3, -0.25) is 15.7 Å². The molecule has 3 heterocycles. The molecule has 3 rings (SSSR count). The van der Waals surface area contributed by atoms with E-state index in [1.165, 1.54) is 0 Å². The molecule has 0 aromatic carbocycles. The van der Waals surface area contributed by atoms with Crippen LogP contribution in [-0.2, 0) is 6.42 Å². The van der Waals surface area contributed by atoms with Gasteiger partial charge < -0.3 is 4.42 Å². The zero-order valence-electron chi connectivity index (χ0n) is 9.34. The number of nitrogens with zero attached hydrogens (tertiary/aromatic N) is 2. The van der Waals surface area contributed by atoms with Crippen LogP contribution in [0, 0.1) is 0 Å². The highest BCUT2D eigenvalue weighted by atomic mass is 79.9. The number of nitrogens with one attached hydrogen (secondary N) is 1. The van der Waals surface area contributed by atoms with E-state index < -0.39 is 0 Å². The van der Waals surface area contributed by atoms with Gasteiger partial charge in [0, 0.05) is 29.8 Å². The molecule has 0 saturated carbocycles. The zero-order valence-corrected chi connectivity index (χ0v) is 11.7. The van der Waals surface area contributed by atoms with Crippen molar-refractivity contribution in [2.24, 2.45) is 5.84 Å². The molecule has 94 valence electrons. The van der Waals surface area contributed by atoms with Crippen molar-refractivity contribution in [3.63, 3.8) is 0 Å². The fourth-order valence-corrected chi connectivity index (χ4v) is 3.13. The van der Waals surface area contributed by atoms with Crippen molar-refractivity contribution in [3.05, 3.63) is 46.0 Å². The van der Waals surface area contributed by atoms with Crippen LogP contribution in [0.1, 0.15) is 17.3 Å². The van der Waals surface area contributed by atoms with Crippen LogP contribution < -0.4 is 11.3 Å². The summed E-state index contributed by atoms with van der Waals surface area (Å²) >= 11 is 4.98. The molecule has 3 aromatic heterocycles. The van der Waals surface area contributed by atoms with Gasteiger partial charge in [0.1, 0.15) is 0 Å². The second-order valence-electron chi connectivity index (χ2n) is 3.90. The average Bonchev–Trinajstić information content (AvgIpc) is 3.01. The van der Waals surface area contributed by atoms with Gasteiger partial charge in [0.05, 0.1) is 18.0 Å². The smallest absolute Gasteiger partial charge is 0.193 e. The molecule has 1 atom stereocenters. The summed E-state index contributed by atoms with van der Waals surface area (Å²) in [6, 6.07) is 1.87. The number of aromatic nitrogens is 2. The first-order valence-electron chi connectivity index (χ1n) is 5.38.